The topological polar surface area (TPSA) is 93.4 Å². The van der Waals surface area contributed by atoms with Crippen LogP contribution in [-0.2, 0) is 0 Å². The molecule has 26 heavy (non-hydrogen) atoms. The van der Waals surface area contributed by atoms with Gasteiger partial charge in [-0.05, 0) is 37.6 Å². The molecule has 0 aliphatic carbocycles. The molecule has 0 fully saturated rings. The van der Waals surface area contributed by atoms with Crippen molar-refractivity contribution in [2.45, 2.75) is 13.8 Å². The maximum atomic E-state index is 9.93. The van der Waals surface area contributed by atoms with Crippen molar-refractivity contribution in [2.24, 2.45) is 0 Å². The van der Waals surface area contributed by atoms with Gasteiger partial charge in [-0.1, -0.05) is 35.9 Å². The molecule has 0 atom stereocenters. The van der Waals surface area contributed by atoms with Crippen LogP contribution in [0.1, 0.15) is 18.1 Å². The number of H-pyrrole nitrogens is 1. The van der Waals surface area contributed by atoms with Crippen molar-refractivity contribution in [2.75, 3.05) is 12.3 Å². The van der Waals surface area contributed by atoms with E-state index in [2.05, 4.69) is 11.1 Å². The van der Waals surface area contributed by atoms with Crippen LogP contribution in [-0.4, -0.2) is 11.7 Å². The Hall–Kier alpha value is -3.52. The molecular formula is C21H20N3O2+. The number of rotatable bonds is 4. The molecule has 3 aromatic rings. The van der Waals surface area contributed by atoms with Crippen LogP contribution in [0.3, 0.4) is 0 Å². The largest absolute Gasteiger partial charge is 0.504 e. The lowest BCUT2D eigenvalue weighted by Crippen LogP contribution is -2.16. The van der Waals surface area contributed by atoms with E-state index in [0.29, 0.717) is 29.3 Å². The highest BCUT2D eigenvalue weighted by Gasteiger charge is 2.18. The van der Waals surface area contributed by atoms with Gasteiger partial charge in [0.15, 0.2) is 11.5 Å². The first-order chi connectivity index (χ1) is 12.5. The summed E-state index contributed by atoms with van der Waals surface area (Å²) in [4.78, 5) is 3.10. The van der Waals surface area contributed by atoms with E-state index in [1.165, 1.54) is 0 Å². The van der Waals surface area contributed by atoms with Gasteiger partial charge in [0.2, 0.25) is 0 Å². The quantitative estimate of drug-likeness (QED) is 0.753. The molecule has 5 heteroatoms. The van der Waals surface area contributed by atoms with Crippen LogP contribution in [0, 0.1) is 18.3 Å². The Kier molecular flexibility index (Phi) is 4.76. The monoisotopic (exact) mass is 346 g/mol. The highest BCUT2D eigenvalue weighted by molar-refractivity contribution is 5.79. The number of pyridine rings is 1. The SMILES string of the molecule is CCOc1cc(-c2cc(-c3ccc(C)cc3)[nH+]c(N)c2C#N)ccc1O. The van der Waals surface area contributed by atoms with E-state index in [9.17, 15) is 10.4 Å². The van der Waals surface area contributed by atoms with E-state index in [1.54, 1.807) is 18.2 Å². The van der Waals surface area contributed by atoms with Gasteiger partial charge in [-0.15, -0.1) is 0 Å². The molecule has 0 unspecified atom stereocenters. The van der Waals surface area contributed by atoms with Crippen LogP contribution in [0.25, 0.3) is 22.4 Å². The third-order valence-corrected chi connectivity index (χ3v) is 4.14. The number of hydrogen-bond acceptors (Lipinski definition) is 4. The number of aryl methyl sites for hydroxylation is 1. The van der Waals surface area contributed by atoms with Crippen molar-refractivity contribution in [1.82, 2.24) is 0 Å². The van der Waals surface area contributed by atoms with Gasteiger partial charge in [0.1, 0.15) is 17.3 Å². The number of nitrogens with one attached hydrogen (secondary N) is 1. The van der Waals surface area contributed by atoms with Crippen molar-refractivity contribution >= 4 is 5.82 Å². The molecule has 5 nitrogen and oxygen atoms in total. The Balaban J connectivity index is 2.18. The molecule has 0 spiro atoms. The minimum Gasteiger partial charge on any atom is -0.504 e. The van der Waals surface area contributed by atoms with Crippen LogP contribution >= 0.6 is 0 Å². The third-order valence-electron chi connectivity index (χ3n) is 4.14. The molecule has 0 aliphatic rings. The molecule has 1 aromatic heterocycles. The van der Waals surface area contributed by atoms with Crippen LogP contribution in [0.15, 0.2) is 48.5 Å². The number of aromatic nitrogens is 1. The fourth-order valence-corrected chi connectivity index (χ4v) is 2.79. The molecule has 4 N–H and O–H groups in total. The van der Waals surface area contributed by atoms with Crippen molar-refractivity contribution in [1.29, 1.82) is 5.26 Å². The van der Waals surface area contributed by atoms with Gasteiger partial charge in [-0.3, -0.25) is 5.73 Å². The lowest BCUT2D eigenvalue weighted by atomic mass is 9.98. The second kappa shape index (κ2) is 7.16. The van der Waals surface area contributed by atoms with E-state index in [0.717, 1.165) is 22.4 Å². The van der Waals surface area contributed by atoms with Crippen LogP contribution in [0.5, 0.6) is 11.5 Å². The number of anilines is 1. The molecule has 130 valence electrons. The number of aromatic hydroxyl groups is 1. The summed E-state index contributed by atoms with van der Waals surface area (Å²) in [5.74, 6) is 0.729. The van der Waals surface area contributed by atoms with E-state index in [-0.39, 0.29) is 5.75 Å². The van der Waals surface area contributed by atoms with Gasteiger partial charge >= 0.3 is 0 Å². The lowest BCUT2D eigenvalue weighted by Gasteiger charge is -2.11. The van der Waals surface area contributed by atoms with Crippen molar-refractivity contribution in [3.05, 3.63) is 59.7 Å². The number of nitriles is 1. The zero-order chi connectivity index (χ0) is 18.7. The maximum absolute atomic E-state index is 9.93. The van der Waals surface area contributed by atoms with Gasteiger partial charge < -0.3 is 9.84 Å². The second-order valence-corrected chi connectivity index (χ2v) is 5.98. The maximum Gasteiger partial charge on any atom is 0.289 e. The molecule has 0 saturated heterocycles. The number of nitrogens with zero attached hydrogens (tertiary/aromatic N) is 1. The highest BCUT2D eigenvalue weighted by atomic mass is 16.5. The minimum atomic E-state index is 0.0586. The second-order valence-electron chi connectivity index (χ2n) is 5.98. The van der Waals surface area contributed by atoms with Gasteiger partial charge in [-0.2, -0.15) is 5.26 Å². The fourth-order valence-electron chi connectivity index (χ4n) is 2.79. The Morgan fingerprint density at radius 2 is 1.81 bits per heavy atom. The average Bonchev–Trinajstić information content (AvgIpc) is 2.63. The zero-order valence-corrected chi connectivity index (χ0v) is 14.7. The molecule has 0 bridgehead atoms. The van der Waals surface area contributed by atoms with Gasteiger partial charge in [0, 0.05) is 11.1 Å². The Morgan fingerprint density at radius 1 is 1.12 bits per heavy atom. The minimum absolute atomic E-state index is 0.0586. The average molecular weight is 346 g/mol. The first-order valence-electron chi connectivity index (χ1n) is 8.32. The molecule has 3 rings (SSSR count). The molecule has 1 heterocycles. The number of hydrogen-bond donors (Lipinski definition) is 2. The van der Waals surface area contributed by atoms with E-state index >= 15 is 0 Å². The number of nitrogens with two attached hydrogens (primary N) is 1. The van der Waals surface area contributed by atoms with Gasteiger partial charge in [0.25, 0.3) is 5.82 Å². The van der Waals surface area contributed by atoms with E-state index in [1.807, 2.05) is 44.2 Å². The normalized spacial score (nSPS) is 10.3. The first-order valence-corrected chi connectivity index (χ1v) is 8.32. The first kappa shape index (κ1) is 17.3. The van der Waals surface area contributed by atoms with E-state index in [4.69, 9.17) is 10.5 Å². The Morgan fingerprint density at radius 3 is 2.46 bits per heavy atom. The van der Waals surface area contributed by atoms with Crippen molar-refractivity contribution in [3.8, 4) is 40.0 Å². The lowest BCUT2D eigenvalue weighted by molar-refractivity contribution is -0.346. The molecule has 0 radical (unpaired) electrons. The number of aromatic amines is 1. The van der Waals surface area contributed by atoms with Gasteiger partial charge in [-0.25, -0.2) is 4.98 Å². The predicted molar refractivity (Wildman–Crippen MR) is 101 cm³/mol. The summed E-state index contributed by atoms with van der Waals surface area (Å²) in [6.45, 7) is 4.30. The molecule has 2 aromatic carbocycles. The Labute approximate surface area is 152 Å². The summed E-state index contributed by atoms with van der Waals surface area (Å²) >= 11 is 0. The Bertz CT molecular complexity index is 989. The smallest absolute Gasteiger partial charge is 0.289 e. The van der Waals surface area contributed by atoms with Crippen molar-refractivity contribution < 1.29 is 14.8 Å². The molecular weight excluding hydrogens is 326 g/mol. The molecule has 0 aliphatic heterocycles. The number of ether oxygens (including phenoxy) is 1. The summed E-state index contributed by atoms with van der Waals surface area (Å²) in [5.41, 5.74) is 10.8. The summed E-state index contributed by atoms with van der Waals surface area (Å²) in [7, 11) is 0. The van der Waals surface area contributed by atoms with Crippen LogP contribution in [0.4, 0.5) is 5.82 Å². The molecule has 0 saturated carbocycles. The predicted octanol–water partition coefficient (Wildman–Crippen LogP) is 3.70. The summed E-state index contributed by atoms with van der Waals surface area (Å²) in [5, 5.41) is 19.5. The zero-order valence-electron chi connectivity index (χ0n) is 14.7. The number of benzene rings is 2. The van der Waals surface area contributed by atoms with Crippen LogP contribution in [0.2, 0.25) is 0 Å². The summed E-state index contributed by atoms with van der Waals surface area (Å²) < 4.78 is 5.46. The third kappa shape index (κ3) is 3.31. The number of phenols is 1. The molecule has 0 amide bonds. The standard InChI is InChI=1S/C21H19N3O2/c1-3-26-20-10-15(8-9-19(20)25)16-11-18(24-21(23)17(16)12-22)14-6-4-13(2)5-7-14/h4-11,25H,3H2,1-2H3,(H2,23,24)/p+1. The summed E-state index contributed by atoms with van der Waals surface area (Å²) in [6, 6.07) is 17.1. The number of nitrogen functional groups attached to an aromatic ring is 1. The van der Waals surface area contributed by atoms with E-state index < -0.39 is 0 Å². The van der Waals surface area contributed by atoms with Crippen molar-refractivity contribution in [3.63, 3.8) is 0 Å². The fraction of sp³-hybridized carbons (Fsp3) is 0.143. The highest BCUT2D eigenvalue weighted by Crippen LogP contribution is 2.35. The van der Waals surface area contributed by atoms with Crippen LogP contribution < -0.4 is 15.5 Å². The number of phenolic OH excluding ortho intramolecular Hbond substituents is 1. The van der Waals surface area contributed by atoms with Gasteiger partial charge in [0.05, 0.1) is 6.61 Å². The summed E-state index contributed by atoms with van der Waals surface area (Å²) in [6.07, 6.45) is 0.